The molecule has 80 valence electrons. The first-order valence-electron chi connectivity index (χ1n) is 5.23. The van der Waals surface area contributed by atoms with E-state index >= 15 is 0 Å². The summed E-state index contributed by atoms with van der Waals surface area (Å²) in [6, 6.07) is 5.96. The van der Waals surface area contributed by atoms with Crippen LogP contribution in [0.5, 0.6) is 0 Å². The van der Waals surface area contributed by atoms with E-state index in [4.69, 9.17) is 0 Å². The van der Waals surface area contributed by atoms with E-state index in [2.05, 4.69) is 5.32 Å². The van der Waals surface area contributed by atoms with Crippen molar-refractivity contribution < 1.29 is 9.18 Å². The molecule has 1 aliphatic rings. The summed E-state index contributed by atoms with van der Waals surface area (Å²) in [6.45, 7) is 1.99. The predicted octanol–water partition coefficient (Wildman–Crippen LogP) is 2.35. The van der Waals surface area contributed by atoms with Crippen LogP contribution in [0.1, 0.15) is 30.1 Å². The predicted molar refractivity (Wildman–Crippen MR) is 56.1 cm³/mol. The van der Waals surface area contributed by atoms with Crippen molar-refractivity contribution in [2.45, 2.75) is 25.8 Å². The Hall–Kier alpha value is -1.38. The lowest BCUT2D eigenvalue weighted by molar-refractivity contribution is 0.0935. The fraction of sp³-hybridized carbons (Fsp3) is 0.417. The molecule has 2 nitrogen and oxygen atoms in total. The molecule has 1 atom stereocenters. The van der Waals surface area contributed by atoms with Crippen LogP contribution in [0.4, 0.5) is 4.39 Å². The van der Waals surface area contributed by atoms with E-state index in [0.717, 1.165) is 0 Å². The Morgan fingerprint density at radius 2 is 2.27 bits per heavy atom. The zero-order valence-corrected chi connectivity index (χ0v) is 8.66. The molecule has 0 aromatic heterocycles. The van der Waals surface area contributed by atoms with E-state index in [1.807, 2.05) is 6.92 Å². The van der Waals surface area contributed by atoms with Gasteiger partial charge >= 0.3 is 0 Å². The summed E-state index contributed by atoms with van der Waals surface area (Å²) in [6.07, 6.45) is 2.37. The molecule has 0 heterocycles. The van der Waals surface area contributed by atoms with E-state index in [1.54, 1.807) is 12.1 Å². The standard InChI is InChI=1S/C12H14FNO/c1-8(9-5-6-9)14-12(15)10-3-2-4-11(13)7-10/h2-4,7-9H,5-6H2,1H3,(H,14,15)/t8-/m0/s1. The summed E-state index contributed by atoms with van der Waals surface area (Å²) < 4.78 is 12.9. The summed E-state index contributed by atoms with van der Waals surface area (Å²) >= 11 is 0. The third-order valence-corrected chi connectivity index (χ3v) is 2.77. The van der Waals surface area contributed by atoms with Gasteiger partial charge in [-0.2, -0.15) is 0 Å². The quantitative estimate of drug-likeness (QED) is 0.809. The van der Waals surface area contributed by atoms with E-state index in [9.17, 15) is 9.18 Å². The number of rotatable bonds is 3. The fourth-order valence-electron chi connectivity index (χ4n) is 1.63. The Morgan fingerprint density at radius 3 is 2.87 bits per heavy atom. The molecule has 15 heavy (non-hydrogen) atoms. The second-order valence-corrected chi connectivity index (χ2v) is 4.11. The van der Waals surface area contributed by atoms with Crippen molar-refractivity contribution in [3.8, 4) is 0 Å². The smallest absolute Gasteiger partial charge is 0.251 e. The van der Waals surface area contributed by atoms with Gasteiger partial charge in [-0.15, -0.1) is 0 Å². The number of hydrogen-bond acceptors (Lipinski definition) is 1. The first kappa shape index (κ1) is 10.1. The van der Waals surface area contributed by atoms with Gasteiger partial charge < -0.3 is 5.32 Å². The van der Waals surface area contributed by atoms with Gasteiger partial charge in [0.1, 0.15) is 5.82 Å². The maximum Gasteiger partial charge on any atom is 0.251 e. The van der Waals surface area contributed by atoms with Crippen molar-refractivity contribution in [2.24, 2.45) is 5.92 Å². The summed E-state index contributed by atoms with van der Waals surface area (Å²) in [5, 5.41) is 2.88. The van der Waals surface area contributed by atoms with E-state index in [0.29, 0.717) is 11.5 Å². The first-order valence-corrected chi connectivity index (χ1v) is 5.23. The second kappa shape index (κ2) is 4.01. The lowest BCUT2D eigenvalue weighted by Gasteiger charge is -2.12. The molecule has 0 bridgehead atoms. The van der Waals surface area contributed by atoms with Crippen LogP contribution in [-0.4, -0.2) is 11.9 Å². The van der Waals surface area contributed by atoms with Crippen LogP contribution in [0.25, 0.3) is 0 Å². The van der Waals surface area contributed by atoms with Gasteiger partial charge in [0.2, 0.25) is 0 Å². The number of carbonyl (C=O) groups excluding carboxylic acids is 1. The normalized spacial score (nSPS) is 17.2. The van der Waals surface area contributed by atoms with Crippen LogP contribution in [0.15, 0.2) is 24.3 Å². The number of hydrogen-bond donors (Lipinski definition) is 1. The van der Waals surface area contributed by atoms with Gasteiger partial charge in [-0.3, -0.25) is 4.79 Å². The largest absolute Gasteiger partial charge is 0.349 e. The topological polar surface area (TPSA) is 29.1 Å². The molecule has 3 heteroatoms. The molecule has 1 aromatic carbocycles. The Morgan fingerprint density at radius 1 is 1.53 bits per heavy atom. The third kappa shape index (κ3) is 2.55. The van der Waals surface area contributed by atoms with Gasteiger partial charge in [0, 0.05) is 11.6 Å². The molecule has 0 radical (unpaired) electrons. The highest BCUT2D eigenvalue weighted by Crippen LogP contribution is 2.32. The summed E-state index contributed by atoms with van der Waals surface area (Å²) in [5.41, 5.74) is 0.391. The van der Waals surface area contributed by atoms with Crippen LogP contribution >= 0.6 is 0 Å². The highest BCUT2D eigenvalue weighted by Gasteiger charge is 2.29. The molecule has 0 unspecified atom stereocenters. The average Bonchev–Trinajstić information content (AvgIpc) is 3.00. The molecule has 0 spiro atoms. The lowest BCUT2D eigenvalue weighted by atomic mass is 10.1. The molecule has 2 rings (SSSR count). The average molecular weight is 207 g/mol. The summed E-state index contributed by atoms with van der Waals surface area (Å²) in [7, 11) is 0. The lowest BCUT2D eigenvalue weighted by Crippen LogP contribution is -2.33. The van der Waals surface area contributed by atoms with Gasteiger partial charge in [-0.25, -0.2) is 4.39 Å². The molecule has 0 saturated heterocycles. The van der Waals surface area contributed by atoms with E-state index in [-0.39, 0.29) is 17.8 Å². The molecular formula is C12H14FNO. The Kier molecular flexibility index (Phi) is 2.71. The number of benzene rings is 1. The van der Waals surface area contributed by atoms with Gasteiger partial charge in [-0.1, -0.05) is 6.07 Å². The number of amides is 1. The number of nitrogens with one attached hydrogen (secondary N) is 1. The van der Waals surface area contributed by atoms with Crippen LogP contribution < -0.4 is 5.32 Å². The maximum atomic E-state index is 12.9. The molecule has 0 aliphatic heterocycles. The van der Waals surface area contributed by atoms with Crippen LogP contribution in [-0.2, 0) is 0 Å². The minimum atomic E-state index is -0.373. The molecule has 1 saturated carbocycles. The van der Waals surface area contributed by atoms with Crippen LogP contribution in [0, 0.1) is 11.7 Å². The molecule has 1 amide bonds. The van der Waals surface area contributed by atoms with Crippen LogP contribution in [0.3, 0.4) is 0 Å². The van der Waals surface area contributed by atoms with Crippen molar-refractivity contribution in [3.63, 3.8) is 0 Å². The van der Waals surface area contributed by atoms with Gasteiger partial charge in [0.25, 0.3) is 5.91 Å². The summed E-state index contributed by atoms with van der Waals surface area (Å²) in [4.78, 5) is 11.7. The SMILES string of the molecule is C[C@H](NC(=O)c1cccc(F)c1)C1CC1. The zero-order chi connectivity index (χ0) is 10.8. The van der Waals surface area contributed by atoms with Gasteiger partial charge in [0.15, 0.2) is 0 Å². The van der Waals surface area contributed by atoms with Crippen molar-refractivity contribution in [3.05, 3.63) is 35.6 Å². The Bertz CT molecular complexity index is 374. The van der Waals surface area contributed by atoms with E-state index < -0.39 is 0 Å². The molecule has 1 aromatic rings. The summed E-state index contributed by atoms with van der Waals surface area (Å²) in [5.74, 6) is 0.0538. The first-order chi connectivity index (χ1) is 7.16. The van der Waals surface area contributed by atoms with Crippen molar-refractivity contribution in [1.29, 1.82) is 0 Å². The molecule has 1 aliphatic carbocycles. The molecular weight excluding hydrogens is 193 g/mol. The fourth-order valence-corrected chi connectivity index (χ4v) is 1.63. The maximum absolute atomic E-state index is 12.9. The zero-order valence-electron chi connectivity index (χ0n) is 8.66. The highest BCUT2D eigenvalue weighted by molar-refractivity contribution is 5.94. The Labute approximate surface area is 88.5 Å². The van der Waals surface area contributed by atoms with Crippen molar-refractivity contribution in [2.75, 3.05) is 0 Å². The highest BCUT2D eigenvalue weighted by atomic mass is 19.1. The third-order valence-electron chi connectivity index (χ3n) is 2.77. The molecule has 1 fully saturated rings. The minimum absolute atomic E-state index is 0.186. The number of carbonyl (C=O) groups is 1. The van der Waals surface area contributed by atoms with E-state index in [1.165, 1.54) is 25.0 Å². The van der Waals surface area contributed by atoms with Crippen molar-refractivity contribution in [1.82, 2.24) is 5.32 Å². The van der Waals surface area contributed by atoms with Gasteiger partial charge in [-0.05, 0) is 43.9 Å². The van der Waals surface area contributed by atoms with Gasteiger partial charge in [0.05, 0.1) is 0 Å². The molecule has 1 N–H and O–H groups in total. The number of halogens is 1. The minimum Gasteiger partial charge on any atom is -0.349 e. The van der Waals surface area contributed by atoms with Crippen molar-refractivity contribution >= 4 is 5.91 Å². The second-order valence-electron chi connectivity index (χ2n) is 4.11. The monoisotopic (exact) mass is 207 g/mol. The van der Waals surface area contributed by atoms with Crippen LogP contribution in [0.2, 0.25) is 0 Å². The Balaban J connectivity index is 2.00.